The van der Waals surface area contributed by atoms with Crippen molar-refractivity contribution >= 4 is 33.9 Å². The first-order valence-corrected chi connectivity index (χ1v) is 9.79. The van der Waals surface area contributed by atoms with E-state index in [1.54, 1.807) is 12.1 Å². The fourth-order valence-corrected chi connectivity index (χ4v) is 3.76. The third-order valence-electron chi connectivity index (χ3n) is 4.70. The molecule has 1 aromatic carbocycles. The summed E-state index contributed by atoms with van der Waals surface area (Å²) in [6, 6.07) is 5.24. The second kappa shape index (κ2) is 10.1. The Labute approximate surface area is 172 Å². The summed E-state index contributed by atoms with van der Waals surface area (Å²) in [5.41, 5.74) is 0.542. The fourth-order valence-electron chi connectivity index (χ4n) is 3.19. The number of hydrogen-bond acceptors (Lipinski definition) is 5. The van der Waals surface area contributed by atoms with Crippen LogP contribution in [0.25, 0.3) is 6.08 Å². The van der Waals surface area contributed by atoms with Gasteiger partial charge in [0.05, 0.1) is 11.6 Å². The fraction of sp³-hybridized carbons (Fsp3) is 0.450. The summed E-state index contributed by atoms with van der Waals surface area (Å²) in [5.74, 6) is -0.597. The quantitative estimate of drug-likeness (QED) is 0.485. The molecule has 1 aromatic rings. The van der Waals surface area contributed by atoms with Crippen molar-refractivity contribution in [2.24, 2.45) is 5.92 Å². The van der Waals surface area contributed by atoms with Gasteiger partial charge in [0.2, 0.25) is 0 Å². The van der Waals surface area contributed by atoms with E-state index in [0.717, 1.165) is 19.3 Å². The lowest BCUT2D eigenvalue weighted by atomic mass is 9.86. The number of carbonyl (C=O) groups excluding carboxylic acids is 1. The summed E-state index contributed by atoms with van der Waals surface area (Å²) in [6.07, 6.45) is 5.69. The molecule has 0 unspecified atom stereocenters. The zero-order valence-electron chi connectivity index (χ0n) is 15.8. The first-order chi connectivity index (χ1) is 13.3. The first-order valence-electron chi connectivity index (χ1n) is 9.00. The second-order valence-corrected chi connectivity index (χ2v) is 7.58. The standard InChI is InChI=1S/C20H23BrN2O5/c1-12-5-3-4-6-16(12)23-20(26)14(10-22)7-13-8-15(21)19(17(9-13)27-2)28-11-18(24)25/h7-9,12,16H,3-6,11H2,1-2H3,(H,23,26)(H,24,25)/b14-7+/t12-,16+/m0/s1. The monoisotopic (exact) mass is 450 g/mol. The van der Waals surface area contributed by atoms with Gasteiger partial charge in [-0.2, -0.15) is 5.26 Å². The van der Waals surface area contributed by atoms with Crippen LogP contribution in [0.4, 0.5) is 0 Å². The van der Waals surface area contributed by atoms with E-state index in [9.17, 15) is 14.9 Å². The van der Waals surface area contributed by atoms with Crippen LogP contribution < -0.4 is 14.8 Å². The largest absolute Gasteiger partial charge is 0.493 e. The zero-order chi connectivity index (χ0) is 20.7. The van der Waals surface area contributed by atoms with Gasteiger partial charge in [0.25, 0.3) is 5.91 Å². The van der Waals surface area contributed by atoms with Gasteiger partial charge in [-0.05, 0) is 58.5 Å². The Morgan fingerprint density at radius 3 is 2.71 bits per heavy atom. The third kappa shape index (κ3) is 5.73. The number of nitrogens with zero attached hydrogens (tertiary/aromatic N) is 1. The minimum Gasteiger partial charge on any atom is -0.493 e. The number of halogens is 1. The summed E-state index contributed by atoms with van der Waals surface area (Å²) < 4.78 is 10.9. The van der Waals surface area contributed by atoms with Gasteiger partial charge < -0.3 is 19.9 Å². The number of benzene rings is 1. The summed E-state index contributed by atoms with van der Waals surface area (Å²) in [6.45, 7) is 1.59. The molecular weight excluding hydrogens is 428 g/mol. The normalized spacial score (nSPS) is 19.4. The smallest absolute Gasteiger partial charge is 0.341 e. The Hall–Kier alpha value is -2.53. The number of carboxylic acids is 1. The second-order valence-electron chi connectivity index (χ2n) is 6.73. The van der Waals surface area contributed by atoms with Crippen LogP contribution >= 0.6 is 15.9 Å². The van der Waals surface area contributed by atoms with Crippen molar-refractivity contribution in [1.29, 1.82) is 5.26 Å². The Balaban J connectivity index is 2.23. The van der Waals surface area contributed by atoms with Crippen LogP contribution in [0, 0.1) is 17.2 Å². The molecule has 2 rings (SSSR count). The van der Waals surface area contributed by atoms with E-state index in [2.05, 4.69) is 28.2 Å². The number of ether oxygens (including phenoxy) is 2. The molecule has 0 spiro atoms. The average molecular weight is 451 g/mol. The minimum absolute atomic E-state index is 0.00840. The number of methoxy groups -OCH3 is 1. The molecular formula is C20H23BrN2O5. The predicted molar refractivity (Wildman–Crippen MR) is 107 cm³/mol. The van der Waals surface area contributed by atoms with Gasteiger partial charge in [-0.25, -0.2) is 4.79 Å². The van der Waals surface area contributed by atoms with Crippen LogP contribution in [0.1, 0.15) is 38.2 Å². The first kappa shape index (κ1) is 21.8. The van der Waals surface area contributed by atoms with Gasteiger partial charge in [0, 0.05) is 6.04 Å². The number of nitriles is 1. The lowest BCUT2D eigenvalue weighted by Gasteiger charge is -2.29. The Kier molecular flexibility index (Phi) is 7.88. The maximum atomic E-state index is 12.5. The number of nitrogens with one attached hydrogen (secondary N) is 1. The Morgan fingerprint density at radius 2 is 2.11 bits per heavy atom. The van der Waals surface area contributed by atoms with E-state index in [-0.39, 0.29) is 17.4 Å². The van der Waals surface area contributed by atoms with Crippen LogP contribution in [0.5, 0.6) is 11.5 Å². The molecule has 8 heteroatoms. The van der Waals surface area contributed by atoms with Crippen molar-refractivity contribution in [3.05, 3.63) is 27.7 Å². The minimum atomic E-state index is -1.11. The molecule has 1 aliphatic carbocycles. The van der Waals surface area contributed by atoms with Gasteiger partial charge in [-0.1, -0.05) is 19.8 Å². The number of carbonyl (C=O) groups is 2. The van der Waals surface area contributed by atoms with Crippen LogP contribution in [0.2, 0.25) is 0 Å². The molecule has 0 aromatic heterocycles. The molecule has 28 heavy (non-hydrogen) atoms. The maximum Gasteiger partial charge on any atom is 0.341 e. The topological polar surface area (TPSA) is 109 Å². The summed E-state index contributed by atoms with van der Waals surface area (Å²) in [5, 5.41) is 21.2. The van der Waals surface area contributed by atoms with Crippen molar-refractivity contribution in [2.75, 3.05) is 13.7 Å². The third-order valence-corrected chi connectivity index (χ3v) is 5.28. The lowest BCUT2D eigenvalue weighted by Crippen LogP contribution is -2.41. The van der Waals surface area contributed by atoms with Gasteiger partial charge in [-0.3, -0.25) is 4.79 Å². The molecule has 0 heterocycles. The van der Waals surface area contributed by atoms with E-state index in [4.69, 9.17) is 14.6 Å². The number of aliphatic carboxylic acids is 1. The van der Waals surface area contributed by atoms with Gasteiger partial charge in [0.1, 0.15) is 11.6 Å². The highest BCUT2D eigenvalue weighted by Crippen LogP contribution is 2.37. The molecule has 1 fully saturated rings. The highest BCUT2D eigenvalue weighted by atomic mass is 79.9. The lowest BCUT2D eigenvalue weighted by molar-refractivity contribution is -0.139. The maximum absolute atomic E-state index is 12.5. The van der Waals surface area contributed by atoms with Gasteiger partial charge >= 0.3 is 5.97 Å². The number of hydrogen-bond donors (Lipinski definition) is 2. The van der Waals surface area contributed by atoms with E-state index in [0.29, 0.717) is 21.7 Å². The zero-order valence-corrected chi connectivity index (χ0v) is 17.4. The predicted octanol–water partition coefficient (Wildman–Crippen LogP) is 3.52. The van der Waals surface area contributed by atoms with Crippen molar-refractivity contribution in [1.82, 2.24) is 5.32 Å². The van der Waals surface area contributed by atoms with Crippen LogP contribution in [-0.4, -0.2) is 36.7 Å². The molecule has 0 radical (unpaired) electrons. The molecule has 2 N–H and O–H groups in total. The Bertz CT molecular complexity index is 816. The highest BCUT2D eigenvalue weighted by Gasteiger charge is 2.24. The van der Waals surface area contributed by atoms with E-state index < -0.39 is 18.5 Å². The van der Waals surface area contributed by atoms with Gasteiger partial charge in [-0.15, -0.1) is 0 Å². The average Bonchev–Trinajstić information content (AvgIpc) is 2.66. The van der Waals surface area contributed by atoms with Crippen molar-refractivity contribution < 1.29 is 24.2 Å². The molecule has 2 atom stereocenters. The van der Waals surface area contributed by atoms with Crippen LogP contribution in [0.15, 0.2) is 22.2 Å². The molecule has 0 aliphatic heterocycles. The Morgan fingerprint density at radius 1 is 1.39 bits per heavy atom. The number of carboxylic acid groups (broad SMARTS) is 1. The SMILES string of the molecule is COc1cc(/C=C(\C#N)C(=O)N[C@@H]2CCCC[C@@H]2C)cc(Br)c1OCC(=O)O. The van der Waals surface area contributed by atoms with E-state index >= 15 is 0 Å². The summed E-state index contributed by atoms with van der Waals surface area (Å²) in [7, 11) is 1.42. The summed E-state index contributed by atoms with van der Waals surface area (Å²) in [4.78, 5) is 23.3. The van der Waals surface area contributed by atoms with Gasteiger partial charge in [0.15, 0.2) is 18.1 Å². The molecule has 150 valence electrons. The molecule has 1 amide bonds. The molecule has 7 nitrogen and oxygen atoms in total. The number of amides is 1. The van der Waals surface area contributed by atoms with Crippen molar-refractivity contribution in [2.45, 2.75) is 38.6 Å². The van der Waals surface area contributed by atoms with Crippen LogP contribution in [-0.2, 0) is 9.59 Å². The molecule has 0 bridgehead atoms. The van der Waals surface area contributed by atoms with E-state index in [1.807, 2.05) is 6.07 Å². The summed E-state index contributed by atoms with van der Waals surface area (Å²) >= 11 is 3.31. The molecule has 1 saturated carbocycles. The molecule has 1 aliphatic rings. The van der Waals surface area contributed by atoms with Crippen LogP contribution in [0.3, 0.4) is 0 Å². The van der Waals surface area contributed by atoms with Crippen molar-refractivity contribution in [3.8, 4) is 17.6 Å². The number of rotatable bonds is 7. The highest BCUT2D eigenvalue weighted by molar-refractivity contribution is 9.10. The van der Waals surface area contributed by atoms with E-state index in [1.165, 1.54) is 19.6 Å². The molecule has 0 saturated heterocycles. The van der Waals surface area contributed by atoms with Crippen molar-refractivity contribution in [3.63, 3.8) is 0 Å².